The predicted octanol–water partition coefficient (Wildman–Crippen LogP) is 1.76. The van der Waals surface area contributed by atoms with Crippen molar-refractivity contribution in [2.45, 2.75) is 5.37 Å². The average Bonchev–Trinajstić information content (AvgIpc) is 2.67. The van der Waals surface area contributed by atoms with Crippen molar-refractivity contribution in [1.82, 2.24) is 5.01 Å². The van der Waals surface area contributed by atoms with Crippen LogP contribution in [0.15, 0.2) is 35.4 Å². The van der Waals surface area contributed by atoms with Gasteiger partial charge in [0.2, 0.25) is 0 Å². The Kier molecular flexibility index (Phi) is 2.41. The first kappa shape index (κ1) is 9.08. The summed E-state index contributed by atoms with van der Waals surface area (Å²) < 4.78 is 0. The van der Waals surface area contributed by atoms with Crippen LogP contribution in [0.5, 0.6) is 0 Å². The Labute approximate surface area is 85.8 Å². The monoisotopic (exact) mass is 207 g/mol. The molecule has 1 aliphatic rings. The Balaban J connectivity index is 2.24. The van der Waals surface area contributed by atoms with E-state index in [9.17, 15) is 4.79 Å². The van der Waals surface area contributed by atoms with E-state index in [1.54, 1.807) is 5.55 Å². The van der Waals surface area contributed by atoms with Crippen LogP contribution in [-0.2, 0) is 0 Å². The maximum Gasteiger partial charge on any atom is 0.336 e. The van der Waals surface area contributed by atoms with E-state index in [-0.39, 0.29) is 5.37 Å². The maximum atomic E-state index is 11.0. The first-order valence-corrected chi connectivity index (χ1v) is 5.05. The second kappa shape index (κ2) is 3.71. The molecule has 0 spiro atoms. The van der Waals surface area contributed by atoms with Gasteiger partial charge in [0.25, 0.3) is 0 Å². The molecule has 0 aliphatic carbocycles. The van der Waals surface area contributed by atoms with E-state index in [1.807, 2.05) is 30.3 Å². The number of primary amides is 1. The zero-order chi connectivity index (χ0) is 9.97. The molecule has 5 heteroatoms. The fourth-order valence-electron chi connectivity index (χ4n) is 1.26. The van der Waals surface area contributed by atoms with Crippen molar-refractivity contribution < 1.29 is 4.79 Å². The van der Waals surface area contributed by atoms with Crippen molar-refractivity contribution in [3.05, 3.63) is 35.9 Å². The topological polar surface area (TPSA) is 58.7 Å². The highest BCUT2D eigenvalue weighted by Crippen LogP contribution is 2.35. The number of hydrogen-bond acceptors (Lipinski definition) is 3. The number of rotatable bonds is 1. The highest BCUT2D eigenvalue weighted by Gasteiger charge is 2.26. The summed E-state index contributed by atoms with van der Waals surface area (Å²) in [7, 11) is 0. The van der Waals surface area contributed by atoms with Crippen molar-refractivity contribution in [3.8, 4) is 0 Å². The Bertz CT molecular complexity index is 366. The summed E-state index contributed by atoms with van der Waals surface area (Å²) in [5.74, 6) is 0. The molecule has 0 bridgehead atoms. The molecule has 2 rings (SSSR count). The maximum absolute atomic E-state index is 11.0. The molecule has 2 amide bonds. The summed E-state index contributed by atoms with van der Waals surface area (Å²) in [6.07, 6.45) is 0. The Hall–Kier alpha value is -1.49. The normalized spacial score (nSPS) is 20.0. The smallest absolute Gasteiger partial charge is 0.336 e. The van der Waals surface area contributed by atoms with Crippen LogP contribution in [0.2, 0.25) is 0 Å². The van der Waals surface area contributed by atoms with Crippen LogP contribution in [0.25, 0.3) is 0 Å². The van der Waals surface area contributed by atoms with Gasteiger partial charge in [-0.25, -0.2) is 4.79 Å². The standard InChI is InChI=1S/C9H9N3OS/c10-9(13)12-8(14-6-11-12)7-4-2-1-3-5-7/h1-6,8H,(H2,10,13). The van der Waals surface area contributed by atoms with Crippen LogP contribution in [0.4, 0.5) is 4.79 Å². The van der Waals surface area contributed by atoms with Gasteiger partial charge in [0.05, 0.1) is 5.55 Å². The zero-order valence-corrected chi connectivity index (χ0v) is 8.15. The van der Waals surface area contributed by atoms with Crippen LogP contribution >= 0.6 is 11.8 Å². The van der Waals surface area contributed by atoms with Crippen molar-refractivity contribution in [3.63, 3.8) is 0 Å². The number of hydrazone groups is 1. The number of amides is 2. The van der Waals surface area contributed by atoms with Crippen LogP contribution in [0.3, 0.4) is 0 Å². The van der Waals surface area contributed by atoms with E-state index in [0.717, 1.165) is 5.56 Å². The minimum absolute atomic E-state index is 0.117. The van der Waals surface area contributed by atoms with Gasteiger partial charge < -0.3 is 5.73 Å². The van der Waals surface area contributed by atoms with Gasteiger partial charge in [0.15, 0.2) is 0 Å². The lowest BCUT2D eigenvalue weighted by atomic mass is 10.2. The summed E-state index contributed by atoms with van der Waals surface area (Å²) >= 11 is 1.47. The number of carbonyl (C=O) groups is 1. The third kappa shape index (κ3) is 1.58. The van der Waals surface area contributed by atoms with Gasteiger partial charge in [-0.15, -0.1) is 0 Å². The van der Waals surface area contributed by atoms with E-state index >= 15 is 0 Å². The first-order valence-electron chi connectivity index (χ1n) is 4.10. The molecule has 1 aliphatic heterocycles. The molecular formula is C9H9N3OS. The van der Waals surface area contributed by atoms with E-state index in [1.165, 1.54) is 16.8 Å². The molecule has 1 heterocycles. The second-order valence-electron chi connectivity index (χ2n) is 2.80. The molecule has 0 aromatic heterocycles. The molecule has 1 aromatic carbocycles. The van der Waals surface area contributed by atoms with Gasteiger partial charge in [0.1, 0.15) is 5.37 Å². The van der Waals surface area contributed by atoms with Crippen molar-refractivity contribution in [1.29, 1.82) is 0 Å². The van der Waals surface area contributed by atoms with Gasteiger partial charge in [-0.3, -0.25) is 0 Å². The lowest BCUT2D eigenvalue weighted by Crippen LogP contribution is -2.31. The fourth-order valence-corrected chi connectivity index (χ4v) is 2.12. The molecule has 0 saturated heterocycles. The minimum atomic E-state index is -0.528. The number of hydrogen-bond donors (Lipinski definition) is 1. The number of nitrogens with two attached hydrogens (primary N) is 1. The van der Waals surface area contributed by atoms with E-state index in [2.05, 4.69) is 5.10 Å². The third-order valence-corrected chi connectivity index (χ3v) is 2.84. The van der Waals surface area contributed by atoms with Crippen LogP contribution in [0.1, 0.15) is 10.9 Å². The molecule has 2 N–H and O–H groups in total. The Morgan fingerprint density at radius 1 is 1.43 bits per heavy atom. The molecule has 4 nitrogen and oxygen atoms in total. The van der Waals surface area contributed by atoms with Gasteiger partial charge in [0, 0.05) is 0 Å². The number of thioether (sulfide) groups is 1. The summed E-state index contributed by atoms with van der Waals surface area (Å²) in [4.78, 5) is 11.0. The number of benzene rings is 1. The van der Waals surface area contributed by atoms with Gasteiger partial charge in [-0.1, -0.05) is 42.1 Å². The molecule has 0 saturated carbocycles. The van der Waals surface area contributed by atoms with Crippen molar-refractivity contribution >= 4 is 23.3 Å². The molecule has 0 fully saturated rings. The largest absolute Gasteiger partial charge is 0.350 e. The van der Waals surface area contributed by atoms with E-state index in [4.69, 9.17) is 5.73 Å². The molecule has 0 radical (unpaired) electrons. The molecule has 1 atom stereocenters. The minimum Gasteiger partial charge on any atom is -0.350 e. The number of carbonyl (C=O) groups excluding carboxylic acids is 1. The Morgan fingerprint density at radius 2 is 2.14 bits per heavy atom. The van der Waals surface area contributed by atoms with Crippen LogP contribution < -0.4 is 5.73 Å². The Morgan fingerprint density at radius 3 is 2.79 bits per heavy atom. The first-order chi connectivity index (χ1) is 6.79. The second-order valence-corrected chi connectivity index (χ2v) is 3.73. The quantitative estimate of drug-likeness (QED) is 0.762. The summed E-state index contributed by atoms with van der Waals surface area (Å²) in [5.41, 5.74) is 7.83. The SMILES string of the molecule is NC(=O)N1N=CSC1c1ccccc1. The lowest BCUT2D eigenvalue weighted by molar-refractivity contribution is 0.208. The van der Waals surface area contributed by atoms with Gasteiger partial charge >= 0.3 is 6.03 Å². The number of urea groups is 1. The van der Waals surface area contributed by atoms with Crippen LogP contribution in [-0.4, -0.2) is 16.6 Å². The fraction of sp³-hybridized carbons (Fsp3) is 0.111. The summed E-state index contributed by atoms with van der Waals surface area (Å²) in [6.45, 7) is 0. The van der Waals surface area contributed by atoms with E-state index < -0.39 is 6.03 Å². The number of nitrogens with zero attached hydrogens (tertiary/aromatic N) is 2. The molecule has 1 aromatic rings. The van der Waals surface area contributed by atoms with Crippen LogP contribution in [0, 0.1) is 0 Å². The molecule has 1 unspecified atom stereocenters. The van der Waals surface area contributed by atoms with Gasteiger partial charge in [-0.2, -0.15) is 10.1 Å². The lowest BCUT2D eigenvalue weighted by Gasteiger charge is -2.18. The summed E-state index contributed by atoms with van der Waals surface area (Å²) in [5, 5.41) is 5.05. The highest BCUT2D eigenvalue weighted by atomic mass is 32.2. The summed E-state index contributed by atoms with van der Waals surface area (Å²) in [6, 6.07) is 9.14. The zero-order valence-electron chi connectivity index (χ0n) is 7.33. The molecular weight excluding hydrogens is 198 g/mol. The van der Waals surface area contributed by atoms with E-state index in [0.29, 0.717) is 0 Å². The van der Waals surface area contributed by atoms with Crippen molar-refractivity contribution in [2.24, 2.45) is 10.8 Å². The third-order valence-electron chi connectivity index (χ3n) is 1.89. The molecule has 72 valence electrons. The molecule has 14 heavy (non-hydrogen) atoms. The van der Waals surface area contributed by atoms with Gasteiger partial charge in [-0.05, 0) is 5.56 Å². The predicted molar refractivity (Wildman–Crippen MR) is 56.7 cm³/mol. The highest BCUT2D eigenvalue weighted by molar-refractivity contribution is 8.12. The van der Waals surface area contributed by atoms with Crippen molar-refractivity contribution in [2.75, 3.05) is 0 Å². The average molecular weight is 207 g/mol.